The molecule has 2 atom stereocenters. The van der Waals surface area contributed by atoms with Crippen molar-refractivity contribution in [2.24, 2.45) is 0 Å². The number of benzene rings is 15. The Morgan fingerprint density at radius 1 is 0.216 bits per heavy atom. The monoisotopic (exact) mass is 1900 g/mol. The van der Waals surface area contributed by atoms with E-state index >= 15 is 0 Å². The third-order valence-corrected chi connectivity index (χ3v) is 24.3. The standard InChI is InChI=1S/C23H21NO2.C22H16F3NO3.C22H17F2NO3.C21H12F5NO2.C21H14F3NO2/c1-15-9-8-10-16(2)22(15)26-23(25)21-17-11-4-6-13-19(17)24(3)20-14-7-5-12-18(20)21;1-26-17-6-4-3-5-13(17)19(14-8-7-12(28-2)11-18(14)26)22(27)29-21-16(24)10-9-15(23)20(21)25;1-25-18-9-4-3-6-14(18)20(15-11-10-13(27-2)12-19(15)25)22(26)28-21-16(23)7-5-8-17(21)24;1-27-16-6-2-10(22)8-12(16)18(13-9-11(23)3-7-17(13)27)21(28)29-20-15(25)5-4-14(24)19(20)26;1-25-16-8-4-2-6-12(16)18(13-7-3-5-9-17(13)25)21(26)27-20-15(23)11-10-14(22)19(20)24/h4-14,21H,1-3H3;3-11,19H,1-2H3;3-12,20H,1-2H3;2-9,18H,1H3;2-11,18H,1H3. The topological polar surface area (TPSA) is 166 Å². The molecule has 139 heavy (non-hydrogen) atoms. The lowest BCUT2D eigenvalue weighted by Gasteiger charge is -2.34. The van der Waals surface area contributed by atoms with Crippen LogP contribution in [0, 0.1) is 89.5 Å². The third kappa shape index (κ3) is 18.7. The molecule has 0 saturated heterocycles. The lowest BCUT2D eigenvalue weighted by atomic mass is 9.85. The number of carbonyl (C=O) groups is 5. The summed E-state index contributed by atoms with van der Waals surface area (Å²) < 4.78 is 216. The van der Waals surface area contributed by atoms with Crippen molar-refractivity contribution in [3.63, 3.8) is 0 Å². The maximum Gasteiger partial charge on any atom is 0.323 e. The summed E-state index contributed by atoms with van der Waals surface area (Å²) in [6.07, 6.45) is 0. The Bertz CT molecular complexity index is 7190. The fourth-order valence-corrected chi connectivity index (χ4v) is 17.6. The zero-order valence-electron chi connectivity index (χ0n) is 75.1. The molecule has 17 nitrogen and oxygen atoms in total. The molecule has 5 aliphatic rings. The molecule has 0 aliphatic carbocycles. The summed E-state index contributed by atoms with van der Waals surface area (Å²) in [6, 6.07) is 75.8. The number of para-hydroxylation sites is 8. The van der Waals surface area contributed by atoms with Gasteiger partial charge in [-0.3, -0.25) is 24.0 Å². The molecular weight excluding hydrogens is 1820 g/mol. The van der Waals surface area contributed by atoms with Crippen molar-refractivity contribution in [2.75, 3.05) is 74.0 Å². The van der Waals surface area contributed by atoms with Gasteiger partial charge in [0.25, 0.3) is 0 Å². The highest BCUT2D eigenvalue weighted by Gasteiger charge is 2.43. The van der Waals surface area contributed by atoms with Crippen LogP contribution in [0.1, 0.15) is 96.4 Å². The average Bonchev–Trinajstić information content (AvgIpc) is 0.754. The lowest BCUT2D eigenvalue weighted by molar-refractivity contribution is -0.136. The van der Waals surface area contributed by atoms with E-state index in [-0.39, 0.29) is 17.1 Å². The van der Waals surface area contributed by atoms with Gasteiger partial charge in [-0.2, -0.15) is 13.2 Å². The highest BCUT2D eigenvalue weighted by atomic mass is 19.2. The molecule has 0 fully saturated rings. The molecule has 0 bridgehead atoms. The average molecular weight is 1900 g/mol. The molecule has 0 N–H and O–H groups in total. The van der Waals surface area contributed by atoms with Crippen molar-refractivity contribution in [1.82, 2.24) is 0 Å². The number of nitrogens with zero attached hydrogens (tertiary/aromatic N) is 5. The van der Waals surface area contributed by atoms with Gasteiger partial charge in [-0.1, -0.05) is 146 Å². The van der Waals surface area contributed by atoms with Gasteiger partial charge in [-0.05, 0) is 214 Å². The van der Waals surface area contributed by atoms with Crippen LogP contribution in [0.5, 0.6) is 40.2 Å². The lowest BCUT2D eigenvalue weighted by Crippen LogP contribution is -2.29. The van der Waals surface area contributed by atoms with Crippen molar-refractivity contribution in [3.05, 3.63) is 434 Å². The fourth-order valence-electron chi connectivity index (χ4n) is 17.6. The summed E-state index contributed by atoms with van der Waals surface area (Å²) in [5, 5.41) is 0. The quantitative estimate of drug-likeness (QED) is 0.0490. The summed E-state index contributed by atoms with van der Waals surface area (Å²) >= 11 is 0. The largest absolute Gasteiger partial charge is 0.497 e. The molecule has 30 heteroatoms. The van der Waals surface area contributed by atoms with Gasteiger partial charge in [-0.15, -0.1) is 0 Å². The zero-order chi connectivity index (χ0) is 98.8. The van der Waals surface area contributed by atoms with E-state index in [1.165, 1.54) is 37.4 Å². The highest BCUT2D eigenvalue weighted by Crippen LogP contribution is 2.53. The SMILES string of the molecule is CN1c2ccc(F)cc2C(C(=O)Oc2c(F)ccc(F)c2F)c2cc(F)ccc21.CN1c2ccccc2C(C(=O)Oc2c(F)ccc(F)c2F)c2ccccc21.COc1ccc2c(c1)N(C)c1ccccc1C2C(=O)Oc1c(F)ccc(F)c1F.COc1ccc2c(c1)N(C)c1ccccc1C2C(=O)Oc1c(F)cccc1F.Cc1cccc(C)c1OC(=O)C1c2ccccc2N(C)c2ccccc21. The van der Waals surface area contributed by atoms with Crippen molar-refractivity contribution in [2.45, 2.75) is 43.4 Å². The first-order valence-electron chi connectivity index (χ1n) is 42.9. The Morgan fingerprint density at radius 2 is 0.439 bits per heavy atom. The van der Waals surface area contributed by atoms with Gasteiger partial charge in [0.1, 0.15) is 58.5 Å². The van der Waals surface area contributed by atoms with Crippen LogP contribution < -0.4 is 57.7 Å². The number of esters is 5. The minimum Gasteiger partial charge on any atom is -0.497 e. The van der Waals surface area contributed by atoms with E-state index in [1.54, 1.807) is 85.8 Å². The van der Waals surface area contributed by atoms with E-state index in [2.05, 4.69) is 4.90 Å². The number of aryl methyl sites for hydroxylation is 2. The number of anilines is 10. The molecule has 704 valence electrons. The molecule has 2 unspecified atom stereocenters. The Balaban J connectivity index is 0.000000126. The number of hydrogen-bond acceptors (Lipinski definition) is 17. The molecule has 0 radical (unpaired) electrons. The van der Waals surface area contributed by atoms with Crippen LogP contribution in [0.4, 0.5) is 114 Å². The normalized spacial score (nSPS) is 13.8. The highest BCUT2D eigenvalue weighted by molar-refractivity contribution is 5.98. The Labute approximate surface area is 788 Å². The number of carbonyl (C=O) groups excluding carboxylic acids is 5. The number of halogens is 13. The maximum absolute atomic E-state index is 14.0. The summed E-state index contributed by atoms with van der Waals surface area (Å²) in [5.41, 5.74) is 15.4. The molecule has 15 aromatic carbocycles. The van der Waals surface area contributed by atoms with E-state index in [4.69, 9.17) is 33.2 Å². The van der Waals surface area contributed by atoms with Crippen molar-refractivity contribution >= 4 is 86.7 Å². The van der Waals surface area contributed by atoms with Crippen molar-refractivity contribution in [1.29, 1.82) is 0 Å². The number of hydrogen-bond donors (Lipinski definition) is 0. The van der Waals surface area contributed by atoms with Crippen LogP contribution in [-0.4, -0.2) is 79.3 Å². The molecule has 5 aliphatic heterocycles. The Hall–Kier alpha value is -16.7. The third-order valence-electron chi connectivity index (χ3n) is 24.3. The second-order valence-corrected chi connectivity index (χ2v) is 32.5. The second-order valence-electron chi connectivity index (χ2n) is 32.5. The predicted molar refractivity (Wildman–Crippen MR) is 496 cm³/mol. The maximum atomic E-state index is 14.0. The minimum absolute atomic E-state index is 0.118. The number of methoxy groups -OCH3 is 2. The summed E-state index contributed by atoms with van der Waals surface area (Å²) in [5.74, 6) is -26.1. The molecule has 0 saturated carbocycles. The molecular formula is C109H80F13N5O12. The van der Waals surface area contributed by atoms with Gasteiger partial charge >= 0.3 is 29.8 Å². The minimum atomic E-state index is -1.68. The predicted octanol–water partition coefficient (Wildman–Crippen LogP) is 25.0. The summed E-state index contributed by atoms with van der Waals surface area (Å²) in [6.45, 7) is 3.93. The summed E-state index contributed by atoms with van der Waals surface area (Å²) in [7, 11) is 12.3. The first-order valence-corrected chi connectivity index (χ1v) is 42.9. The second kappa shape index (κ2) is 40.1. The van der Waals surface area contributed by atoms with Crippen LogP contribution >= 0.6 is 0 Å². The van der Waals surface area contributed by atoms with Crippen LogP contribution in [0.3, 0.4) is 0 Å². The Kier molecular flexibility index (Phi) is 27.5. The van der Waals surface area contributed by atoms with Crippen LogP contribution in [0.2, 0.25) is 0 Å². The van der Waals surface area contributed by atoms with Crippen molar-refractivity contribution < 1.29 is 114 Å². The smallest absolute Gasteiger partial charge is 0.323 e. The van der Waals surface area contributed by atoms with Crippen LogP contribution in [0.25, 0.3) is 0 Å². The van der Waals surface area contributed by atoms with E-state index in [1.807, 2.05) is 190 Å². The number of ether oxygens (including phenoxy) is 7. The molecule has 0 spiro atoms. The van der Waals surface area contributed by atoms with Gasteiger partial charge in [0, 0.05) is 104 Å². The molecule has 5 heterocycles. The van der Waals surface area contributed by atoms with E-state index in [0.717, 1.165) is 92.4 Å². The van der Waals surface area contributed by atoms with Gasteiger partial charge in [-0.25, -0.2) is 43.9 Å². The molecule has 15 aromatic rings. The van der Waals surface area contributed by atoms with Gasteiger partial charge < -0.3 is 57.7 Å². The fraction of sp³-hybridized carbons (Fsp3) is 0.128. The molecule has 0 aromatic heterocycles. The first kappa shape index (κ1) is 95.5. The van der Waals surface area contributed by atoms with Crippen LogP contribution in [0.15, 0.2) is 291 Å². The first-order chi connectivity index (χ1) is 66.8. The van der Waals surface area contributed by atoms with E-state index in [9.17, 15) is 81.0 Å². The van der Waals surface area contributed by atoms with Crippen LogP contribution in [-0.2, 0) is 24.0 Å². The number of fused-ring (bicyclic) bond motifs is 10. The van der Waals surface area contributed by atoms with Gasteiger partial charge in [0.05, 0.1) is 14.2 Å². The summed E-state index contributed by atoms with van der Waals surface area (Å²) in [4.78, 5) is 74.7. The van der Waals surface area contributed by atoms with E-state index in [0.29, 0.717) is 98.0 Å². The van der Waals surface area contributed by atoms with Gasteiger partial charge in [0.2, 0.25) is 40.4 Å². The molecule has 0 amide bonds. The van der Waals surface area contributed by atoms with Crippen molar-refractivity contribution in [3.8, 4) is 40.2 Å². The number of rotatable bonds is 12. The van der Waals surface area contributed by atoms with E-state index < -0.39 is 152 Å². The van der Waals surface area contributed by atoms with Gasteiger partial charge in [0.15, 0.2) is 46.5 Å². The zero-order valence-corrected chi connectivity index (χ0v) is 75.1. The molecule has 20 rings (SSSR count). The Morgan fingerprint density at radius 3 is 0.727 bits per heavy atom.